The highest BCUT2D eigenvalue weighted by atomic mass is 16.8. The largest absolute Gasteiger partial charge is 0.394 e. The Kier molecular flexibility index (Phi) is 51.1. The molecule has 0 aromatic carbocycles. The summed E-state index contributed by atoms with van der Waals surface area (Å²) < 4.78 is 34.3. The Labute approximate surface area is 571 Å². The molecule has 17 atom stereocenters. The Morgan fingerprint density at radius 2 is 0.737 bits per heavy atom. The molecule has 3 rings (SSSR count). The van der Waals surface area contributed by atoms with Crippen LogP contribution in [0, 0.1) is 0 Å². The molecule has 3 heterocycles. The van der Waals surface area contributed by atoms with Gasteiger partial charge in [0.15, 0.2) is 18.9 Å². The van der Waals surface area contributed by atoms with Crippen LogP contribution in [0.3, 0.4) is 0 Å². The maximum Gasteiger partial charge on any atom is 0.220 e. The Bertz CT molecular complexity index is 2100. The summed E-state index contributed by atoms with van der Waals surface area (Å²) in [7, 11) is 0. The number of nitrogens with one attached hydrogen (secondary N) is 1. The summed E-state index contributed by atoms with van der Waals surface area (Å²) in [6.45, 7) is 1.58. The Hall–Kier alpha value is -3.29. The number of hydrogen-bond acceptors (Lipinski definition) is 18. The normalized spacial score (nSPS) is 27.8. The van der Waals surface area contributed by atoms with E-state index >= 15 is 0 Å². The van der Waals surface area contributed by atoms with E-state index in [2.05, 4.69) is 104 Å². The Balaban J connectivity index is 1.32. The van der Waals surface area contributed by atoms with Gasteiger partial charge in [-0.3, -0.25) is 4.79 Å². The molecule has 3 aliphatic heterocycles. The summed E-state index contributed by atoms with van der Waals surface area (Å²) in [6.07, 6.45) is 48.4. The fraction of sp³-hybridized carbons (Fsp3) is 0.776. The van der Waals surface area contributed by atoms with Crippen molar-refractivity contribution in [1.82, 2.24) is 5.32 Å². The quantitative estimate of drug-likeness (QED) is 0.0199. The van der Waals surface area contributed by atoms with Crippen molar-refractivity contribution >= 4 is 5.91 Å². The van der Waals surface area contributed by atoms with Gasteiger partial charge in [0, 0.05) is 6.42 Å². The van der Waals surface area contributed by atoms with Crippen LogP contribution in [0.1, 0.15) is 245 Å². The van der Waals surface area contributed by atoms with Crippen molar-refractivity contribution in [2.24, 2.45) is 0 Å². The summed E-state index contributed by atoms with van der Waals surface area (Å²) in [6, 6.07) is -0.993. The topological polar surface area (TPSA) is 307 Å². The Morgan fingerprint density at radius 1 is 0.389 bits per heavy atom. The lowest BCUT2D eigenvalue weighted by atomic mass is 9.96. The summed E-state index contributed by atoms with van der Waals surface area (Å²) in [5, 5.41) is 120. The van der Waals surface area contributed by atoms with Gasteiger partial charge in [-0.1, -0.05) is 252 Å². The molecule has 0 aromatic heterocycles. The first-order valence-corrected chi connectivity index (χ1v) is 37.0. The zero-order valence-electron chi connectivity index (χ0n) is 58.1. The van der Waals surface area contributed by atoms with Crippen molar-refractivity contribution in [2.75, 3.05) is 26.4 Å². The molecule has 3 saturated heterocycles. The monoisotopic (exact) mass is 1350 g/mol. The van der Waals surface area contributed by atoms with Crippen LogP contribution in [0.25, 0.3) is 0 Å². The van der Waals surface area contributed by atoms with Crippen molar-refractivity contribution in [2.45, 2.75) is 349 Å². The number of hydrogen-bond donors (Lipinski definition) is 12. The predicted octanol–water partition coefficient (Wildman–Crippen LogP) is 10.8. The van der Waals surface area contributed by atoms with Crippen LogP contribution in [-0.4, -0.2) is 193 Å². The van der Waals surface area contributed by atoms with Crippen molar-refractivity contribution in [3.05, 3.63) is 97.2 Å². The molecular weight excluding hydrogens is 1210 g/mol. The Morgan fingerprint density at radius 3 is 1.18 bits per heavy atom. The number of allylic oxidation sites excluding steroid dienone is 15. The van der Waals surface area contributed by atoms with Gasteiger partial charge >= 0.3 is 0 Å². The molecule has 0 saturated carbocycles. The van der Waals surface area contributed by atoms with Crippen molar-refractivity contribution < 1.29 is 89.4 Å². The molecular formula is C76H131NO18. The van der Waals surface area contributed by atoms with Crippen molar-refractivity contribution in [1.29, 1.82) is 0 Å². The van der Waals surface area contributed by atoms with E-state index < -0.39 is 124 Å². The van der Waals surface area contributed by atoms with Crippen molar-refractivity contribution in [3.63, 3.8) is 0 Å². The van der Waals surface area contributed by atoms with Gasteiger partial charge in [-0.15, -0.1) is 0 Å². The van der Waals surface area contributed by atoms with Crippen LogP contribution < -0.4 is 5.32 Å². The van der Waals surface area contributed by atoms with Gasteiger partial charge in [-0.05, 0) is 83.5 Å². The predicted molar refractivity (Wildman–Crippen MR) is 374 cm³/mol. The molecule has 0 spiro atoms. The molecule has 0 radical (unpaired) electrons. The standard InChI is InChI=1S/C76H131NO18/c1-3-5-7-9-11-13-15-17-18-19-20-21-22-23-24-25-26-27-28-29-30-31-32-33-34-35-36-37-38-39-40-42-44-46-48-50-52-54-64(82)77-59(60(81)53-51-49-47-45-43-41-16-14-12-10-8-6-4-2)58-90-74-70(88)67(85)72(62(56-79)92-74)95-76-71(89)68(86)73(63(57-80)93-76)94-75-69(87)66(84)65(83)61(55-78)91-75/h5,7,11,13,17-18,20-21,23-24,26-27,43,45,51,53,59-63,65-76,78-81,83-89H,3-4,6,8-10,12,14-16,19,22,25,28-42,44,46-50,52,54-58H2,1-2H3,(H,77,82)/b7-5-,13-11-,18-17-,21-20-,24-23-,27-26-,45-43+,53-51+. The minimum atomic E-state index is -1.98. The van der Waals surface area contributed by atoms with Crippen LogP contribution in [0.4, 0.5) is 0 Å². The van der Waals surface area contributed by atoms with E-state index in [9.17, 15) is 61.0 Å². The van der Waals surface area contributed by atoms with E-state index in [1.54, 1.807) is 6.08 Å². The van der Waals surface area contributed by atoms with E-state index in [0.717, 1.165) is 77.0 Å². The molecule has 0 aliphatic carbocycles. The van der Waals surface area contributed by atoms with Crippen LogP contribution in [0.15, 0.2) is 97.2 Å². The smallest absolute Gasteiger partial charge is 0.220 e. The summed E-state index contributed by atoms with van der Waals surface area (Å²) in [5.41, 5.74) is 0. The summed E-state index contributed by atoms with van der Waals surface area (Å²) >= 11 is 0. The minimum Gasteiger partial charge on any atom is -0.394 e. The highest BCUT2D eigenvalue weighted by Crippen LogP contribution is 2.33. The molecule has 3 aliphatic rings. The lowest BCUT2D eigenvalue weighted by Gasteiger charge is -2.48. The van der Waals surface area contributed by atoms with Gasteiger partial charge in [0.2, 0.25) is 5.91 Å². The minimum absolute atomic E-state index is 0.233. The highest BCUT2D eigenvalue weighted by molar-refractivity contribution is 5.76. The number of amides is 1. The highest BCUT2D eigenvalue weighted by Gasteiger charge is 2.53. The number of rotatable bonds is 56. The SMILES string of the molecule is CC/C=C\C/C=C\C/C=C\C/C=C\C/C=C\C/C=C\CCCCCCCCCCCCCCCCCCCCC(=O)NC(COC1OC(CO)C(OC2OC(CO)C(OC3OC(CO)C(O)C(O)C3O)C(O)C2O)C(O)C1O)C(O)/C=C/CC/C=C/CCCCCCCCC. The molecule has 0 aromatic rings. The van der Waals surface area contributed by atoms with Gasteiger partial charge in [0.1, 0.15) is 73.2 Å². The second-order valence-electron chi connectivity index (χ2n) is 26.0. The number of aliphatic hydroxyl groups excluding tert-OH is 11. The number of carbonyl (C=O) groups is 1. The van der Waals surface area contributed by atoms with Crippen LogP contribution in [0.2, 0.25) is 0 Å². The fourth-order valence-electron chi connectivity index (χ4n) is 11.9. The van der Waals surface area contributed by atoms with Crippen LogP contribution >= 0.6 is 0 Å². The van der Waals surface area contributed by atoms with Crippen LogP contribution in [0.5, 0.6) is 0 Å². The third-order valence-electron chi connectivity index (χ3n) is 17.9. The maximum atomic E-state index is 13.4. The number of carbonyl (C=O) groups excluding carboxylic acids is 1. The molecule has 548 valence electrons. The molecule has 3 fully saturated rings. The second-order valence-corrected chi connectivity index (χ2v) is 26.0. The van der Waals surface area contributed by atoms with Gasteiger partial charge < -0.3 is 89.9 Å². The zero-order chi connectivity index (χ0) is 68.9. The van der Waals surface area contributed by atoms with Crippen LogP contribution in [-0.2, 0) is 33.2 Å². The molecule has 1 amide bonds. The number of unbranched alkanes of at least 4 members (excludes halogenated alkanes) is 26. The molecule has 95 heavy (non-hydrogen) atoms. The molecule has 17 unspecified atom stereocenters. The van der Waals surface area contributed by atoms with E-state index in [1.165, 1.54) is 135 Å². The average Bonchev–Trinajstić information content (AvgIpc) is 0.791. The third kappa shape index (κ3) is 37.6. The number of ether oxygens (including phenoxy) is 6. The van der Waals surface area contributed by atoms with E-state index in [-0.39, 0.29) is 18.9 Å². The van der Waals surface area contributed by atoms with E-state index in [4.69, 9.17) is 28.4 Å². The lowest BCUT2D eigenvalue weighted by Crippen LogP contribution is -2.66. The molecule has 19 heteroatoms. The maximum absolute atomic E-state index is 13.4. The molecule has 12 N–H and O–H groups in total. The molecule has 0 bridgehead atoms. The fourth-order valence-corrected chi connectivity index (χ4v) is 11.9. The first-order valence-electron chi connectivity index (χ1n) is 37.0. The van der Waals surface area contributed by atoms with Gasteiger partial charge in [-0.2, -0.15) is 0 Å². The van der Waals surface area contributed by atoms with Gasteiger partial charge in [0.25, 0.3) is 0 Å². The first kappa shape index (κ1) is 85.9. The number of aliphatic hydroxyl groups is 11. The summed E-state index contributed by atoms with van der Waals surface area (Å²) in [4.78, 5) is 13.4. The second kappa shape index (κ2) is 56.5. The summed E-state index contributed by atoms with van der Waals surface area (Å²) in [5.74, 6) is -0.287. The van der Waals surface area contributed by atoms with E-state index in [1.807, 2.05) is 6.08 Å². The van der Waals surface area contributed by atoms with Gasteiger partial charge in [-0.25, -0.2) is 0 Å². The molecule has 19 nitrogen and oxygen atoms in total. The first-order chi connectivity index (χ1) is 46.3. The van der Waals surface area contributed by atoms with Crippen molar-refractivity contribution in [3.8, 4) is 0 Å². The lowest BCUT2D eigenvalue weighted by molar-refractivity contribution is -0.379. The van der Waals surface area contributed by atoms with E-state index in [0.29, 0.717) is 12.8 Å². The average molecular weight is 1350 g/mol. The zero-order valence-corrected chi connectivity index (χ0v) is 58.1. The third-order valence-corrected chi connectivity index (χ3v) is 17.9. The van der Waals surface area contributed by atoms with Gasteiger partial charge in [0.05, 0.1) is 38.6 Å².